The van der Waals surface area contributed by atoms with Gasteiger partial charge < -0.3 is 18.2 Å². The highest BCUT2D eigenvalue weighted by molar-refractivity contribution is 6.21. The van der Waals surface area contributed by atoms with Crippen LogP contribution >= 0.6 is 0 Å². The number of para-hydroxylation sites is 4. The van der Waals surface area contributed by atoms with Gasteiger partial charge in [0.25, 0.3) is 0 Å². The first-order chi connectivity index (χ1) is 26.8. The molecule has 54 heavy (non-hydrogen) atoms. The highest BCUT2D eigenvalue weighted by Gasteiger charge is 2.26. The van der Waals surface area contributed by atoms with E-state index in [4.69, 9.17) is 18.2 Å². The van der Waals surface area contributed by atoms with E-state index in [2.05, 4.69) is 120 Å². The molecule has 0 aliphatic rings. The number of hydrogen-bond donors (Lipinski definition) is 0. The number of hydrogen-bond acceptors (Lipinski definition) is 5. The van der Waals surface area contributed by atoms with Gasteiger partial charge in [0.2, 0.25) is 5.89 Å². The Morgan fingerprint density at radius 2 is 0.981 bits per heavy atom. The van der Waals surface area contributed by atoms with Crippen LogP contribution in [0.15, 0.2) is 195 Å². The molecular weight excluding hydrogens is 665 g/mol. The fourth-order valence-electron chi connectivity index (χ4n) is 7.83. The fourth-order valence-corrected chi connectivity index (χ4v) is 7.83. The Kier molecular flexibility index (Phi) is 6.79. The maximum Gasteiger partial charge on any atom is 0.227 e. The molecule has 0 N–H and O–H groups in total. The molecule has 0 spiro atoms. The van der Waals surface area contributed by atoms with Crippen molar-refractivity contribution >= 4 is 72.0 Å². The minimum absolute atomic E-state index is 0.565. The number of rotatable bonds is 6. The molecule has 11 aromatic rings. The molecule has 0 radical (unpaired) electrons. The quantitative estimate of drug-likeness (QED) is 0.173. The lowest BCUT2D eigenvalue weighted by molar-refractivity contribution is 0.619. The monoisotopic (exact) mass is 694 g/mol. The Morgan fingerprint density at radius 3 is 1.78 bits per heavy atom. The summed E-state index contributed by atoms with van der Waals surface area (Å²) >= 11 is 0. The number of fused-ring (bicyclic) bond motifs is 8. The van der Waals surface area contributed by atoms with Gasteiger partial charge in [0.15, 0.2) is 11.2 Å². The zero-order valence-corrected chi connectivity index (χ0v) is 28.9. The number of nitrogens with zero attached hydrogens (tertiary/aromatic N) is 2. The van der Waals surface area contributed by atoms with Crippen LogP contribution in [0, 0.1) is 0 Å². The number of oxazole rings is 1. The molecule has 3 heterocycles. The van der Waals surface area contributed by atoms with Crippen molar-refractivity contribution in [2.45, 2.75) is 0 Å². The molecule has 0 aliphatic carbocycles. The predicted molar refractivity (Wildman–Crippen MR) is 220 cm³/mol. The first-order valence-electron chi connectivity index (χ1n) is 18.0. The summed E-state index contributed by atoms with van der Waals surface area (Å²) in [5.74, 6) is 0.565. The van der Waals surface area contributed by atoms with Crippen LogP contribution in [0.5, 0.6) is 0 Å². The van der Waals surface area contributed by atoms with Crippen molar-refractivity contribution in [3.63, 3.8) is 0 Å². The van der Waals surface area contributed by atoms with E-state index in [0.717, 1.165) is 94.3 Å². The highest BCUT2D eigenvalue weighted by atomic mass is 16.4. The molecule has 5 nitrogen and oxygen atoms in total. The second-order valence-electron chi connectivity index (χ2n) is 13.5. The molecule has 254 valence electrons. The van der Waals surface area contributed by atoms with Crippen LogP contribution in [0.3, 0.4) is 0 Å². The number of furan rings is 2. The lowest BCUT2D eigenvalue weighted by Gasteiger charge is -2.28. The third kappa shape index (κ3) is 4.76. The molecule has 8 aromatic carbocycles. The van der Waals surface area contributed by atoms with Crippen LogP contribution in [0.4, 0.5) is 17.1 Å². The van der Waals surface area contributed by atoms with E-state index >= 15 is 0 Å². The Balaban J connectivity index is 1.17. The van der Waals surface area contributed by atoms with Gasteiger partial charge in [-0.05, 0) is 53.6 Å². The van der Waals surface area contributed by atoms with Crippen molar-refractivity contribution in [3.8, 4) is 33.7 Å². The van der Waals surface area contributed by atoms with Crippen LogP contribution in [-0.4, -0.2) is 4.98 Å². The Morgan fingerprint density at radius 1 is 0.389 bits per heavy atom. The van der Waals surface area contributed by atoms with Gasteiger partial charge in [-0.3, -0.25) is 0 Å². The summed E-state index contributed by atoms with van der Waals surface area (Å²) in [6, 6.07) is 62.5. The molecule has 0 fully saturated rings. The number of anilines is 3. The second kappa shape index (κ2) is 12.1. The zero-order chi connectivity index (χ0) is 35.6. The van der Waals surface area contributed by atoms with Crippen molar-refractivity contribution in [1.82, 2.24) is 4.98 Å². The average molecular weight is 695 g/mol. The Hall–Kier alpha value is -7.37. The summed E-state index contributed by atoms with van der Waals surface area (Å²) in [5.41, 5.74) is 12.8. The normalized spacial score (nSPS) is 11.7. The van der Waals surface area contributed by atoms with Gasteiger partial charge in [0.1, 0.15) is 22.3 Å². The number of aromatic nitrogens is 1. The lowest BCUT2D eigenvalue weighted by Crippen LogP contribution is -2.11. The van der Waals surface area contributed by atoms with E-state index < -0.39 is 0 Å². The smallest absolute Gasteiger partial charge is 0.227 e. The topological polar surface area (TPSA) is 55.6 Å². The molecule has 5 heteroatoms. The summed E-state index contributed by atoms with van der Waals surface area (Å²) in [6.45, 7) is 0. The summed E-state index contributed by atoms with van der Waals surface area (Å²) in [6.07, 6.45) is 0. The summed E-state index contributed by atoms with van der Waals surface area (Å²) in [4.78, 5) is 7.36. The van der Waals surface area contributed by atoms with E-state index in [0.29, 0.717) is 11.5 Å². The van der Waals surface area contributed by atoms with Gasteiger partial charge in [0, 0.05) is 44.6 Å². The van der Waals surface area contributed by atoms with Gasteiger partial charge in [-0.15, -0.1) is 0 Å². The van der Waals surface area contributed by atoms with Crippen molar-refractivity contribution in [3.05, 3.63) is 182 Å². The van der Waals surface area contributed by atoms with Gasteiger partial charge >= 0.3 is 0 Å². The zero-order valence-electron chi connectivity index (χ0n) is 28.9. The second-order valence-corrected chi connectivity index (χ2v) is 13.5. The highest BCUT2D eigenvalue weighted by Crippen LogP contribution is 2.48. The Labute approximate surface area is 309 Å². The molecule has 0 aliphatic heterocycles. The summed E-state index contributed by atoms with van der Waals surface area (Å²) in [5, 5.41) is 4.12. The number of benzene rings is 8. The standard InChI is InChI=1S/C49H30N2O3/c1-3-14-31(15-4-1)35-18-7-10-23-40(35)51(34-28-26-32(27-29-34)36-21-13-22-38-37-19-8-11-24-42(37)52-47(36)38)41-30-44-46(50-49(54-44)33-16-5-2-6-17-33)45-39-20-9-12-25-43(39)53-48(41)45/h1-30H. The van der Waals surface area contributed by atoms with E-state index in [9.17, 15) is 0 Å². The third-order valence-electron chi connectivity index (χ3n) is 10.3. The van der Waals surface area contributed by atoms with Crippen molar-refractivity contribution in [2.75, 3.05) is 4.90 Å². The minimum atomic E-state index is 0.565. The van der Waals surface area contributed by atoms with Crippen molar-refractivity contribution < 1.29 is 13.3 Å². The van der Waals surface area contributed by atoms with Crippen LogP contribution in [-0.2, 0) is 0 Å². The first kappa shape index (κ1) is 30.3. The SMILES string of the molecule is c1ccc(-c2nc3c(cc(N(c4ccc(-c5cccc6c5oc5ccccc56)cc4)c4ccccc4-c4ccccc4)c4oc5ccccc5c43)o2)cc1. The van der Waals surface area contributed by atoms with Gasteiger partial charge in [-0.2, -0.15) is 0 Å². The van der Waals surface area contributed by atoms with Crippen LogP contribution in [0.1, 0.15) is 0 Å². The maximum absolute atomic E-state index is 6.81. The largest absolute Gasteiger partial charge is 0.455 e. The summed E-state index contributed by atoms with van der Waals surface area (Å²) < 4.78 is 19.9. The van der Waals surface area contributed by atoms with Crippen molar-refractivity contribution in [1.29, 1.82) is 0 Å². The van der Waals surface area contributed by atoms with E-state index in [1.54, 1.807) is 0 Å². The van der Waals surface area contributed by atoms with Crippen LogP contribution < -0.4 is 4.90 Å². The van der Waals surface area contributed by atoms with Gasteiger partial charge in [-0.25, -0.2) is 4.98 Å². The molecule has 0 unspecified atom stereocenters. The van der Waals surface area contributed by atoms with Crippen LogP contribution in [0.2, 0.25) is 0 Å². The van der Waals surface area contributed by atoms with Gasteiger partial charge in [-0.1, -0.05) is 133 Å². The molecule has 0 atom stereocenters. The molecule has 0 amide bonds. The molecule has 11 rings (SSSR count). The van der Waals surface area contributed by atoms with Crippen LogP contribution in [0.25, 0.3) is 88.7 Å². The summed E-state index contributed by atoms with van der Waals surface area (Å²) in [7, 11) is 0. The lowest BCUT2D eigenvalue weighted by atomic mass is 10.00. The Bertz CT molecular complexity index is 3160. The van der Waals surface area contributed by atoms with E-state index in [-0.39, 0.29) is 0 Å². The molecule has 0 saturated carbocycles. The van der Waals surface area contributed by atoms with Gasteiger partial charge in [0.05, 0.1) is 16.8 Å². The molecule has 0 bridgehead atoms. The molecule has 3 aromatic heterocycles. The minimum Gasteiger partial charge on any atom is -0.455 e. The average Bonchev–Trinajstić information content (AvgIpc) is 3.96. The molecule has 0 saturated heterocycles. The van der Waals surface area contributed by atoms with Crippen molar-refractivity contribution in [2.24, 2.45) is 0 Å². The van der Waals surface area contributed by atoms with E-state index in [1.807, 2.05) is 66.7 Å². The molecular formula is C49H30N2O3. The predicted octanol–water partition coefficient (Wildman–Crippen LogP) is 14.1. The fraction of sp³-hybridized carbons (Fsp3) is 0. The van der Waals surface area contributed by atoms with E-state index in [1.165, 1.54) is 0 Å². The first-order valence-corrected chi connectivity index (χ1v) is 18.0. The third-order valence-corrected chi connectivity index (χ3v) is 10.3. The maximum atomic E-state index is 6.81.